The van der Waals surface area contributed by atoms with Crippen LogP contribution < -0.4 is 0 Å². The van der Waals surface area contributed by atoms with Crippen LogP contribution in [0.4, 0.5) is 0 Å². The fourth-order valence-corrected chi connectivity index (χ4v) is 3.60. The average molecular weight is 296 g/mol. The van der Waals surface area contributed by atoms with Gasteiger partial charge in [0.25, 0.3) is 0 Å². The van der Waals surface area contributed by atoms with Gasteiger partial charge >= 0.3 is 0 Å². The maximum Gasteiger partial charge on any atom is 0.121 e. The van der Waals surface area contributed by atoms with Gasteiger partial charge in [-0.05, 0) is 41.5 Å². The van der Waals surface area contributed by atoms with Gasteiger partial charge in [0.05, 0.1) is 5.69 Å². The van der Waals surface area contributed by atoms with Crippen LogP contribution in [0.2, 0.25) is 0 Å². The van der Waals surface area contributed by atoms with Crippen LogP contribution in [0.5, 0.6) is 0 Å². The molecule has 110 valence electrons. The summed E-state index contributed by atoms with van der Waals surface area (Å²) in [5.74, 6) is 1.19. The molecule has 23 heavy (non-hydrogen) atoms. The number of para-hydroxylation sites is 1. The van der Waals surface area contributed by atoms with Crippen LogP contribution in [-0.2, 0) is 6.42 Å². The highest BCUT2D eigenvalue weighted by molar-refractivity contribution is 5.77. The summed E-state index contributed by atoms with van der Waals surface area (Å²) in [5.41, 5.74) is 6.50. The highest BCUT2D eigenvalue weighted by Crippen LogP contribution is 2.34. The summed E-state index contributed by atoms with van der Waals surface area (Å²) >= 11 is 0. The molecule has 4 aromatic rings. The molecule has 0 unspecified atom stereocenters. The Balaban J connectivity index is 1.93. The molecule has 0 radical (unpaired) electrons. The SMILES string of the molecule is c1ccc2c(c1)Cc1cccn1-c1cccn1-c1ccccc1-2. The van der Waals surface area contributed by atoms with E-state index < -0.39 is 0 Å². The normalized spacial score (nSPS) is 12.2. The molecule has 5 rings (SSSR count). The Kier molecular flexibility index (Phi) is 2.59. The zero-order chi connectivity index (χ0) is 15.2. The van der Waals surface area contributed by atoms with E-state index in [-0.39, 0.29) is 0 Å². The molecule has 0 saturated heterocycles. The molecule has 0 amide bonds. The smallest absolute Gasteiger partial charge is 0.121 e. The molecule has 2 aromatic carbocycles. The van der Waals surface area contributed by atoms with Gasteiger partial charge in [-0.3, -0.25) is 0 Å². The third-order valence-electron chi connectivity index (χ3n) is 4.65. The monoisotopic (exact) mass is 296 g/mol. The number of hydrogen-bond donors (Lipinski definition) is 0. The molecule has 0 atom stereocenters. The Morgan fingerprint density at radius 2 is 1.35 bits per heavy atom. The van der Waals surface area contributed by atoms with Crippen molar-refractivity contribution in [2.24, 2.45) is 0 Å². The Labute approximate surface area is 135 Å². The average Bonchev–Trinajstić information content (AvgIpc) is 3.23. The highest BCUT2D eigenvalue weighted by Gasteiger charge is 2.17. The van der Waals surface area contributed by atoms with E-state index in [1.807, 2.05) is 0 Å². The van der Waals surface area contributed by atoms with Crippen molar-refractivity contribution < 1.29 is 0 Å². The van der Waals surface area contributed by atoms with Crippen LogP contribution in [0.3, 0.4) is 0 Å². The van der Waals surface area contributed by atoms with Crippen molar-refractivity contribution in [3.8, 4) is 22.6 Å². The molecule has 0 saturated carbocycles. The van der Waals surface area contributed by atoms with E-state index in [1.54, 1.807) is 0 Å². The molecule has 3 heterocycles. The topological polar surface area (TPSA) is 9.86 Å². The second-order valence-electron chi connectivity index (χ2n) is 5.96. The predicted octanol–water partition coefficient (Wildman–Crippen LogP) is 4.84. The summed E-state index contributed by atoms with van der Waals surface area (Å²) in [6.45, 7) is 0. The molecule has 2 aromatic heterocycles. The van der Waals surface area contributed by atoms with Gasteiger partial charge in [0.15, 0.2) is 0 Å². The number of aromatic nitrogens is 2. The molecule has 2 nitrogen and oxygen atoms in total. The van der Waals surface area contributed by atoms with Crippen molar-refractivity contribution in [1.29, 1.82) is 0 Å². The fourth-order valence-electron chi connectivity index (χ4n) is 3.60. The zero-order valence-electron chi connectivity index (χ0n) is 12.7. The number of benzene rings is 2. The molecule has 0 N–H and O–H groups in total. The van der Waals surface area contributed by atoms with E-state index in [0.717, 1.165) is 6.42 Å². The molecule has 0 fully saturated rings. The Morgan fingerprint density at radius 3 is 2.30 bits per heavy atom. The Bertz CT molecular complexity index is 1000. The number of rotatable bonds is 0. The van der Waals surface area contributed by atoms with Gasteiger partial charge in [-0.2, -0.15) is 0 Å². The van der Waals surface area contributed by atoms with Crippen molar-refractivity contribution in [2.45, 2.75) is 6.42 Å². The van der Waals surface area contributed by atoms with Gasteiger partial charge in [-0.25, -0.2) is 0 Å². The van der Waals surface area contributed by atoms with Crippen molar-refractivity contribution >= 4 is 0 Å². The predicted molar refractivity (Wildman–Crippen MR) is 93.3 cm³/mol. The van der Waals surface area contributed by atoms with Crippen molar-refractivity contribution in [3.63, 3.8) is 0 Å². The minimum Gasteiger partial charge on any atom is -0.306 e. The molecule has 1 aliphatic heterocycles. The van der Waals surface area contributed by atoms with Crippen LogP contribution >= 0.6 is 0 Å². The first-order valence-electron chi connectivity index (χ1n) is 7.93. The first kappa shape index (κ1) is 12.5. The zero-order valence-corrected chi connectivity index (χ0v) is 12.7. The lowest BCUT2D eigenvalue weighted by atomic mass is 9.95. The van der Waals surface area contributed by atoms with E-state index >= 15 is 0 Å². The van der Waals surface area contributed by atoms with E-state index in [9.17, 15) is 0 Å². The quantitative estimate of drug-likeness (QED) is 0.387. The molecule has 0 aliphatic carbocycles. The summed E-state index contributed by atoms with van der Waals surface area (Å²) in [6.07, 6.45) is 5.23. The summed E-state index contributed by atoms with van der Waals surface area (Å²) < 4.78 is 4.57. The van der Waals surface area contributed by atoms with Gasteiger partial charge in [0, 0.05) is 30.1 Å². The molecule has 1 aliphatic rings. The first-order valence-corrected chi connectivity index (χ1v) is 7.93. The van der Waals surface area contributed by atoms with E-state index in [4.69, 9.17) is 0 Å². The maximum atomic E-state index is 2.29. The summed E-state index contributed by atoms with van der Waals surface area (Å²) in [4.78, 5) is 0. The van der Waals surface area contributed by atoms with E-state index in [2.05, 4.69) is 94.3 Å². The van der Waals surface area contributed by atoms with Crippen molar-refractivity contribution in [3.05, 3.63) is 96.4 Å². The minimum atomic E-state index is 0.933. The summed E-state index contributed by atoms with van der Waals surface area (Å²) in [7, 11) is 0. The largest absolute Gasteiger partial charge is 0.306 e. The second kappa shape index (κ2) is 4.75. The van der Waals surface area contributed by atoms with E-state index in [1.165, 1.54) is 33.9 Å². The molecule has 2 heteroatoms. The lowest BCUT2D eigenvalue weighted by Crippen LogP contribution is -2.04. The third kappa shape index (κ3) is 1.82. The van der Waals surface area contributed by atoms with Gasteiger partial charge in [-0.15, -0.1) is 0 Å². The van der Waals surface area contributed by atoms with Crippen LogP contribution in [0.25, 0.3) is 22.6 Å². The van der Waals surface area contributed by atoms with Crippen molar-refractivity contribution in [2.75, 3.05) is 0 Å². The van der Waals surface area contributed by atoms with Gasteiger partial charge < -0.3 is 9.13 Å². The molecule has 0 spiro atoms. The maximum absolute atomic E-state index is 2.29. The van der Waals surface area contributed by atoms with Crippen LogP contribution in [0.1, 0.15) is 11.3 Å². The molecule has 0 bridgehead atoms. The summed E-state index contributed by atoms with van der Waals surface area (Å²) in [6, 6.07) is 26.0. The van der Waals surface area contributed by atoms with Gasteiger partial charge in [0.1, 0.15) is 5.82 Å². The van der Waals surface area contributed by atoms with E-state index in [0.29, 0.717) is 0 Å². The lowest BCUT2D eigenvalue weighted by Gasteiger charge is -2.14. The third-order valence-corrected chi connectivity index (χ3v) is 4.65. The van der Waals surface area contributed by atoms with Crippen molar-refractivity contribution in [1.82, 2.24) is 9.13 Å². The summed E-state index contributed by atoms with van der Waals surface area (Å²) in [5, 5.41) is 0. The lowest BCUT2D eigenvalue weighted by molar-refractivity contribution is 0.888. The van der Waals surface area contributed by atoms with Gasteiger partial charge in [-0.1, -0.05) is 42.5 Å². The van der Waals surface area contributed by atoms with Crippen LogP contribution in [0.15, 0.2) is 85.2 Å². The first-order chi connectivity index (χ1) is 11.4. The number of nitrogens with zero attached hydrogens (tertiary/aromatic N) is 2. The molecular weight excluding hydrogens is 280 g/mol. The molecular formula is C21H16N2. The Hall–Kier alpha value is -3.00. The van der Waals surface area contributed by atoms with Gasteiger partial charge in [0.2, 0.25) is 0 Å². The standard InChI is InChI=1S/C21H16N2/c1-2-9-18-16(7-1)15-17-8-5-13-22(17)21-12-6-14-23(21)20-11-4-3-10-19(18)20/h1-14H,15H2. The minimum absolute atomic E-state index is 0.933. The number of fused-ring (bicyclic) bond motifs is 7. The number of hydrogen-bond acceptors (Lipinski definition) is 0. The highest BCUT2D eigenvalue weighted by atomic mass is 15.1. The second-order valence-corrected chi connectivity index (χ2v) is 5.96. The van der Waals surface area contributed by atoms with Crippen LogP contribution in [0, 0.1) is 0 Å². The fraction of sp³-hybridized carbons (Fsp3) is 0.0476. The Morgan fingerprint density at radius 1 is 0.609 bits per heavy atom. The van der Waals surface area contributed by atoms with Crippen LogP contribution in [-0.4, -0.2) is 9.13 Å².